The maximum absolute atomic E-state index is 3.51. The van der Waals surface area contributed by atoms with Crippen molar-refractivity contribution >= 4 is 0 Å². The molecule has 0 amide bonds. The third-order valence-electron chi connectivity index (χ3n) is 4.26. The van der Waals surface area contributed by atoms with Gasteiger partial charge in [-0.3, -0.25) is 0 Å². The fraction of sp³-hybridized carbons (Fsp3) is 1.00. The van der Waals surface area contributed by atoms with Crippen molar-refractivity contribution in [1.29, 1.82) is 0 Å². The lowest BCUT2D eigenvalue weighted by atomic mass is 9.97. The van der Waals surface area contributed by atoms with Crippen molar-refractivity contribution < 1.29 is 0 Å². The fourth-order valence-electron chi connectivity index (χ4n) is 3.11. The normalized spacial score (nSPS) is 32.5. The molecule has 0 saturated carbocycles. The molecule has 0 radical (unpaired) electrons. The van der Waals surface area contributed by atoms with Crippen LogP contribution in [-0.2, 0) is 0 Å². The van der Waals surface area contributed by atoms with Gasteiger partial charge in [-0.15, -0.1) is 0 Å². The second kappa shape index (κ2) is 6.17. The van der Waals surface area contributed by atoms with E-state index in [0.29, 0.717) is 0 Å². The summed E-state index contributed by atoms with van der Waals surface area (Å²) in [7, 11) is 0. The van der Waals surface area contributed by atoms with Crippen molar-refractivity contribution in [3.63, 3.8) is 0 Å². The molecule has 3 heteroatoms. The van der Waals surface area contributed by atoms with Gasteiger partial charge in [-0.25, -0.2) is 0 Å². The van der Waals surface area contributed by atoms with Crippen LogP contribution in [0.3, 0.4) is 0 Å². The summed E-state index contributed by atoms with van der Waals surface area (Å²) in [5, 5.41) is 3.51. The fourth-order valence-corrected chi connectivity index (χ4v) is 3.11. The summed E-state index contributed by atoms with van der Waals surface area (Å²) < 4.78 is 0. The van der Waals surface area contributed by atoms with Gasteiger partial charge in [-0.2, -0.15) is 0 Å². The van der Waals surface area contributed by atoms with E-state index < -0.39 is 0 Å². The van der Waals surface area contributed by atoms with Gasteiger partial charge in [-0.05, 0) is 30.8 Å². The third-order valence-corrected chi connectivity index (χ3v) is 4.26. The van der Waals surface area contributed by atoms with E-state index in [-0.39, 0.29) is 0 Å². The van der Waals surface area contributed by atoms with E-state index >= 15 is 0 Å². The van der Waals surface area contributed by atoms with Crippen molar-refractivity contribution in [2.75, 3.05) is 52.4 Å². The van der Waals surface area contributed by atoms with E-state index in [9.17, 15) is 0 Å². The Kier molecular flexibility index (Phi) is 4.83. The van der Waals surface area contributed by atoms with Gasteiger partial charge in [-0.1, -0.05) is 20.8 Å². The molecular weight excluding hydrogens is 210 g/mol. The molecule has 2 saturated heterocycles. The Morgan fingerprint density at radius 3 is 2.24 bits per heavy atom. The van der Waals surface area contributed by atoms with Crippen molar-refractivity contribution in [1.82, 2.24) is 15.1 Å². The number of piperazine rings is 1. The summed E-state index contributed by atoms with van der Waals surface area (Å²) in [5.41, 5.74) is 0. The molecular formula is C14H29N3. The van der Waals surface area contributed by atoms with Crippen LogP contribution in [0.4, 0.5) is 0 Å². The highest BCUT2D eigenvalue weighted by Crippen LogP contribution is 2.18. The molecule has 0 aliphatic carbocycles. The van der Waals surface area contributed by atoms with Gasteiger partial charge in [0.15, 0.2) is 0 Å². The minimum atomic E-state index is 0.806. The molecule has 2 rings (SSSR count). The first-order chi connectivity index (χ1) is 8.15. The smallest absolute Gasteiger partial charge is 0.0110 e. The van der Waals surface area contributed by atoms with Gasteiger partial charge >= 0.3 is 0 Å². The Morgan fingerprint density at radius 2 is 1.71 bits per heavy atom. The zero-order valence-electron chi connectivity index (χ0n) is 11.8. The van der Waals surface area contributed by atoms with Crippen LogP contribution in [0, 0.1) is 17.8 Å². The van der Waals surface area contributed by atoms with E-state index in [0.717, 1.165) is 17.8 Å². The van der Waals surface area contributed by atoms with E-state index in [1.54, 1.807) is 0 Å². The van der Waals surface area contributed by atoms with Gasteiger partial charge < -0.3 is 15.1 Å². The highest BCUT2D eigenvalue weighted by molar-refractivity contribution is 4.82. The first-order valence-electron chi connectivity index (χ1n) is 7.30. The summed E-state index contributed by atoms with van der Waals surface area (Å²) in [6.07, 6.45) is 0. The molecule has 3 nitrogen and oxygen atoms in total. The molecule has 0 aromatic heterocycles. The standard InChI is InChI=1S/C14H29N3/c1-12(2)10-16-4-6-17(7-5-16)11-14-9-15-8-13(14)3/h12-15H,4-11H2,1-3H3/t13-,14+/m1/s1. The summed E-state index contributed by atoms with van der Waals surface area (Å²) in [6.45, 7) is 17.1. The van der Waals surface area contributed by atoms with Crippen LogP contribution < -0.4 is 5.32 Å². The maximum Gasteiger partial charge on any atom is 0.0110 e. The van der Waals surface area contributed by atoms with Gasteiger partial charge in [0.2, 0.25) is 0 Å². The summed E-state index contributed by atoms with van der Waals surface area (Å²) in [5.74, 6) is 2.55. The lowest BCUT2D eigenvalue weighted by molar-refractivity contribution is 0.106. The maximum atomic E-state index is 3.51. The van der Waals surface area contributed by atoms with E-state index in [4.69, 9.17) is 0 Å². The average molecular weight is 239 g/mol. The Bertz CT molecular complexity index is 222. The first kappa shape index (κ1) is 13.3. The van der Waals surface area contributed by atoms with Crippen LogP contribution in [0.2, 0.25) is 0 Å². The number of hydrogen-bond donors (Lipinski definition) is 1. The molecule has 0 bridgehead atoms. The Hall–Kier alpha value is -0.120. The molecule has 2 atom stereocenters. The zero-order chi connectivity index (χ0) is 12.3. The minimum Gasteiger partial charge on any atom is -0.316 e. The summed E-state index contributed by atoms with van der Waals surface area (Å²) in [4.78, 5) is 5.29. The van der Waals surface area contributed by atoms with Crippen molar-refractivity contribution in [3.05, 3.63) is 0 Å². The molecule has 0 unspecified atom stereocenters. The number of hydrogen-bond acceptors (Lipinski definition) is 3. The Balaban J connectivity index is 1.68. The topological polar surface area (TPSA) is 18.5 Å². The highest BCUT2D eigenvalue weighted by Gasteiger charge is 2.26. The van der Waals surface area contributed by atoms with Crippen molar-refractivity contribution in [3.8, 4) is 0 Å². The Labute approximate surface area is 107 Å². The molecule has 100 valence electrons. The quantitative estimate of drug-likeness (QED) is 0.793. The van der Waals surface area contributed by atoms with Crippen LogP contribution in [0.1, 0.15) is 20.8 Å². The van der Waals surface area contributed by atoms with Crippen LogP contribution in [0.5, 0.6) is 0 Å². The largest absolute Gasteiger partial charge is 0.316 e. The number of rotatable bonds is 4. The van der Waals surface area contributed by atoms with Crippen LogP contribution >= 0.6 is 0 Å². The molecule has 0 aromatic rings. The molecule has 2 heterocycles. The zero-order valence-corrected chi connectivity index (χ0v) is 11.8. The van der Waals surface area contributed by atoms with Gasteiger partial charge in [0.05, 0.1) is 0 Å². The predicted molar refractivity (Wildman–Crippen MR) is 73.2 cm³/mol. The third kappa shape index (κ3) is 3.94. The predicted octanol–water partition coefficient (Wildman–Crippen LogP) is 1.12. The highest BCUT2D eigenvalue weighted by atomic mass is 15.3. The van der Waals surface area contributed by atoms with E-state index in [1.807, 2.05) is 0 Å². The van der Waals surface area contributed by atoms with Crippen molar-refractivity contribution in [2.24, 2.45) is 17.8 Å². The molecule has 0 spiro atoms. The van der Waals surface area contributed by atoms with Gasteiger partial charge in [0.1, 0.15) is 0 Å². The van der Waals surface area contributed by atoms with Gasteiger partial charge in [0.25, 0.3) is 0 Å². The summed E-state index contributed by atoms with van der Waals surface area (Å²) >= 11 is 0. The second-order valence-electron chi connectivity index (χ2n) is 6.39. The Morgan fingerprint density at radius 1 is 1.06 bits per heavy atom. The average Bonchev–Trinajstić information content (AvgIpc) is 2.67. The lowest BCUT2D eigenvalue weighted by Gasteiger charge is -2.37. The van der Waals surface area contributed by atoms with E-state index in [2.05, 4.69) is 35.9 Å². The van der Waals surface area contributed by atoms with Crippen LogP contribution in [0.25, 0.3) is 0 Å². The SMILES string of the molecule is CC(C)CN1CCN(C[C@@H]2CNC[C@H]2C)CC1. The number of nitrogens with one attached hydrogen (secondary N) is 1. The molecule has 17 heavy (non-hydrogen) atoms. The van der Waals surface area contributed by atoms with Crippen LogP contribution in [-0.4, -0.2) is 62.2 Å². The summed E-state index contributed by atoms with van der Waals surface area (Å²) in [6, 6.07) is 0. The first-order valence-corrected chi connectivity index (χ1v) is 7.30. The van der Waals surface area contributed by atoms with Crippen molar-refractivity contribution in [2.45, 2.75) is 20.8 Å². The second-order valence-corrected chi connectivity index (χ2v) is 6.39. The van der Waals surface area contributed by atoms with Gasteiger partial charge in [0, 0.05) is 39.3 Å². The minimum absolute atomic E-state index is 0.806. The molecule has 2 fully saturated rings. The molecule has 0 aromatic carbocycles. The van der Waals surface area contributed by atoms with Crippen LogP contribution in [0.15, 0.2) is 0 Å². The lowest BCUT2D eigenvalue weighted by Crippen LogP contribution is -2.49. The molecule has 2 aliphatic heterocycles. The molecule has 2 aliphatic rings. The molecule has 1 N–H and O–H groups in total. The van der Waals surface area contributed by atoms with E-state index in [1.165, 1.54) is 52.4 Å². The number of nitrogens with zero attached hydrogens (tertiary/aromatic N) is 2. The monoisotopic (exact) mass is 239 g/mol.